The van der Waals surface area contributed by atoms with E-state index < -0.39 is 6.09 Å². The number of carbonyl (C=O) groups is 2. The Balaban J connectivity index is 1.55. The van der Waals surface area contributed by atoms with E-state index in [0.717, 1.165) is 16.9 Å². The van der Waals surface area contributed by atoms with Crippen LogP contribution < -0.4 is 15.3 Å². The summed E-state index contributed by atoms with van der Waals surface area (Å²) in [5.41, 5.74) is 5.91. The topological polar surface area (TPSA) is 61.9 Å². The highest BCUT2D eigenvalue weighted by atomic mass is 16.6. The number of hydrazine groups is 1. The molecule has 0 aromatic heterocycles. The van der Waals surface area contributed by atoms with Gasteiger partial charge in [0.25, 0.3) is 0 Å². The molecule has 0 aliphatic carbocycles. The van der Waals surface area contributed by atoms with Crippen LogP contribution in [0, 0.1) is 0 Å². The fraction of sp³-hybridized carbons (Fsp3) is 0.130. The molecule has 1 N–H and O–H groups in total. The van der Waals surface area contributed by atoms with Crippen molar-refractivity contribution in [2.45, 2.75) is 13.0 Å². The molecule has 0 saturated carbocycles. The highest BCUT2D eigenvalue weighted by molar-refractivity contribution is 6.01. The minimum Gasteiger partial charge on any atom is -0.443 e. The van der Waals surface area contributed by atoms with Crippen LogP contribution in [0.2, 0.25) is 0 Å². The Kier molecular flexibility index (Phi) is 5.42. The monoisotopic (exact) mass is 387 g/mol. The van der Waals surface area contributed by atoms with Crippen molar-refractivity contribution < 1.29 is 14.3 Å². The zero-order chi connectivity index (χ0) is 20.1. The number of fused-ring (bicyclic) bond motifs is 1. The van der Waals surface area contributed by atoms with Crippen molar-refractivity contribution in [2.75, 3.05) is 16.5 Å². The second kappa shape index (κ2) is 8.48. The molecule has 1 heterocycles. The molecule has 3 aromatic rings. The van der Waals surface area contributed by atoms with Crippen LogP contribution in [0.25, 0.3) is 0 Å². The van der Waals surface area contributed by atoms with Gasteiger partial charge in [-0.05, 0) is 29.8 Å². The number of ether oxygens (including phenoxy) is 1. The lowest BCUT2D eigenvalue weighted by Crippen LogP contribution is -2.46. The molecule has 0 fully saturated rings. The van der Waals surface area contributed by atoms with Crippen LogP contribution >= 0.6 is 0 Å². The quantitative estimate of drug-likeness (QED) is 0.721. The van der Waals surface area contributed by atoms with E-state index in [2.05, 4.69) is 10.3 Å². The molecule has 1 aliphatic heterocycles. The SMILES string of the molecule is O=C(NN1C(=O)CCN(c2ccccc2)c2ccccc21)OCc1ccccc1. The van der Waals surface area contributed by atoms with Crippen molar-refractivity contribution in [2.24, 2.45) is 0 Å². The summed E-state index contributed by atoms with van der Waals surface area (Å²) < 4.78 is 5.29. The van der Waals surface area contributed by atoms with E-state index in [1.165, 1.54) is 5.01 Å². The minimum absolute atomic E-state index is 0.131. The van der Waals surface area contributed by atoms with E-state index in [0.29, 0.717) is 12.2 Å². The summed E-state index contributed by atoms with van der Waals surface area (Å²) in [7, 11) is 0. The summed E-state index contributed by atoms with van der Waals surface area (Å²) >= 11 is 0. The molecule has 0 saturated heterocycles. The Labute approximate surface area is 169 Å². The number of hydrogen-bond acceptors (Lipinski definition) is 4. The minimum atomic E-state index is -0.676. The zero-order valence-electron chi connectivity index (χ0n) is 15.8. The van der Waals surface area contributed by atoms with Gasteiger partial charge in [0, 0.05) is 18.7 Å². The zero-order valence-corrected chi connectivity index (χ0v) is 15.8. The van der Waals surface area contributed by atoms with Gasteiger partial charge < -0.3 is 9.64 Å². The Morgan fingerprint density at radius 3 is 2.21 bits per heavy atom. The lowest BCUT2D eigenvalue weighted by atomic mass is 10.2. The fourth-order valence-electron chi connectivity index (χ4n) is 3.30. The van der Waals surface area contributed by atoms with Crippen LogP contribution in [0.5, 0.6) is 0 Å². The number of benzene rings is 3. The third-order valence-corrected chi connectivity index (χ3v) is 4.70. The smallest absolute Gasteiger partial charge is 0.426 e. The van der Waals surface area contributed by atoms with Gasteiger partial charge >= 0.3 is 6.09 Å². The first kappa shape index (κ1) is 18.6. The van der Waals surface area contributed by atoms with Gasteiger partial charge in [-0.1, -0.05) is 60.7 Å². The third kappa shape index (κ3) is 4.21. The first-order valence-electron chi connectivity index (χ1n) is 9.44. The molecule has 146 valence electrons. The average molecular weight is 387 g/mol. The standard InChI is InChI=1S/C23H21N3O3/c27-22-15-16-25(19-11-5-2-6-12-19)20-13-7-8-14-21(20)26(22)24-23(28)29-17-18-9-3-1-4-10-18/h1-14H,15-17H2,(H,24,28). The molecule has 3 aromatic carbocycles. The highest BCUT2D eigenvalue weighted by Crippen LogP contribution is 2.36. The van der Waals surface area contributed by atoms with Crippen molar-refractivity contribution in [3.05, 3.63) is 90.5 Å². The summed E-state index contributed by atoms with van der Waals surface area (Å²) in [4.78, 5) is 27.2. The molecule has 6 nitrogen and oxygen atoms in total. The Morgan fingerprint density at radius 1 is 0.862 bits per heavy atom. The Morgan fingerprint density at radius 2 is 1.48 bits per heavy atom. The molecule has 1 aliphatic rings. The van der Waals surface area contributed by atoms with Crippen molar-refractivity contribution in [1.82, 2.24) is 5.43 Å². The van der Waals surface area contributed by atoms with Crippen LogP contribution in [-0.4, -0.2) is 18.5 Å². The summed E-state index contributed by atoms with van der Waals surface area (Å²) in [5, 5.41) is 1.28. The molecule has 6 heteroatoms. The van der Waals surface area contributed by atoms with Crippen LogP contribution in [0.1, 0.15) is 12.0 Å². The predicted octanol–water partition coefficient (Wildman–Crippen LogP) is 4.40. The Bertz CT molecular complexity index is 993. The normalized spacial score (nSPS) is 13.4. The van der Waals surface area contributed by atoms with Gasteiger partial charge in [-0.2, -0.15) is 0 Å². The van der Waals surface area contributed by atoms with E-state index in [-0.39, 0.29) is 18.9 Å². The van der Waals surface area contributed by atoms with Crippen LogP contribution in [0.15, 0.2) is 84.9 Å². The van der Waals surface area contributed by atoms with Crippen molar-refractivity contribution in [3.8, 4) is 0 Å². The lowest BCUT2D eigenvalue weighted by molar-refractivity contribution is -0.118. The van der Waals surface area contributed by atoms with E-state index in [9.17, 15) is 9.59 Å². The third-order valence-electron chi connectivity index (χ3n) is 4.70. The van der Waals surface area contributed by atoms with Crippen molar-refractivity contribution in [1.29, 1.82) is 0 Å². The summed E-state index contributed by atoms with van der Waals surface area (Å²) in [6.45, 7) is 0.642. The second-order valence-electron chi connectivity index (χ2n) is 6.63. The van der Waals surface area contributed by atoms with Gasteiger partial charge in [-0.3, -0.25) is 4.79 Å². The molecular formula is C23H21N3O3. The van der Waals surface area contributed by atoms with Gasteiger partial charge in [0.15, 0.2) is 0 Å². The first-order chi connectivity index (χ1) is 14.2. The molecule has 0 spiro atoms. The highest BCUT2D eigenvalue weighted by Gasteiger charge is 2.28. The van der Waals surface area contributed by atoms with Gasteiger partial charge in [0.1, 0.15) is 6.61 Å². The molecule has 0 unspecified atom stereocenters. The van der Waals surface area contributed by atoms with E-state index in [1.807, 2.05) is 84.9 Å². The second-order valence-corrected chi connectivity index (χ2v) is 6.63. The lowest BCUT2D eigenvalue weighted by Gasteiger charge is -2.26. The van der Waals surface area contributed by atoms with Gasteiger partial charge in [0.05, 0.1) is 11.4 Å². The number of nitrogens with one attached hydrogen (secondary N) is 1. The molecule has 29 heavy (non-hydrogen) atoms. The molecular weight excluding hydrogens is 366 g/mol. The predicted molar refractivity (Wildman–Crippen MR) is 112 cm³/mol. The van der Waals surface area contributed by atoms with Crippen LogP contribution in [-0.2, 0) is 16.1 Å². The number of hydrogen-bond donors (Lipinski definition) is 1. The molecule has 4 rings (SSSR count). The molecule has 0 atom stereocenters. The van der Waals surface area contributed by atoms with E-state index in [1.54, 1.807) is 0 Å². The number of para-hydroxylation sites is 3. The number of anilines is 3. The number of carbonyl (C=O) groups excluding carboxylic acids is 2. The van der Waals surface area contributed by atoms with Gasteiger partial charge in [0.2, 0.25) is 5.91 Å². The van der Waals surface area contributed by atoms with E-state index in [4.69, 9.17) is 4.74 Å². The molecule has 2 amide bonds. The average Bonchev–Trinajstić information content (AvgIpc) is 2.91. The summed E-state index contributed by atoms with van der Waals surface area (Å²) in [6.07, 6.45) is -0.423. The maximum absolute atomic E-state index is 12.8. The number of rotatable bonds is 4. The maximum atomic E-state index is 12.8. The first-order valence-corrected chi connectivity index (χ1v) is 9.44. The number of amides is 2. The molecule has 0 radical (unpaired) electrons. The fourth-order valence-corrected chi connectivity index (χ4v) is 3.30. The van der Waals surface area contributed by atoms with E-state index >= 15 is 0 Å². The van der Waals surface area contributed by atoms with Crippen molar-refractivity contribution >= 4 is 29.1 Å². The maximum Gasteiger partial charge on any atom is 0.426 e. The molecule has 0 bridgehead atoms. The van der Waals surface area contributed by atoms with Crippen LogP contribution in [0.4, 0.5) is 21.9 Å². The summed E-state index contributed by atoms with van der Waals surface area (Å²) in [6, 6.07) is 26.8. The van der Waals surface area contributed by atoms with Crippen molar-refractivity contribution in [3.63, 3.8) is 0 Å². The Hall–Kier alpha value is -3.80. The van der Waals surface area contributed by atoms with Gasteiger partial charge in [-0.25, -0.2) is 15.2 Å². The summed E-state index contributed by atoms with van der Waals surface area (Å²) in [5.74, 6) is -0.201. The number of nitrogens with zero attached hydrogens (tertiary/aromatic N) is 2. The largest absolute Gasteiger partial charge is 0.443 e. The van der Waals surface area contributed by atoms with Gasteiger partial charge in [-0.15, -0.1) is 0 Å². The van der Waals surface area contributed by atoms with Crippen LogP contribution in [0.3, 0.4) is 0 Å².